The molecule has 2 aliphatic heterocycles. The number of aliphatic hydroxyl groups excluding tert-OH is 1. The largest absolute Gasteiger partial charge is 0.454 e. The Bertz CT molecular complexity index is 975. The van der Waals surface area contributed by atoms with E-state index in [-0.39, 0.29) is 17.6 Å². The van der Waals surface area contributed by atoms with E-state index in [0.717, 1.165) is 22.6 Å². The molecule has 1 saturated heterocycles. The number of piperazine rings is 1. The Balaban J connectivity index is 1.19. The summed E-state index contributed by atoms with van der Waals surface area (Å²) in [7, 11) is -3.51. The number of rotatable bonds is 8. The second-order valence-electron chi connectivity index (χ2n) is 7.12. The van der Waals surface area contributed by atoms with Gasteiger partial charge >= 0.3 is 0 Å². The van der Waals surface area contributed by atoms with Crippen molar-refractivity contribution in [3.63, 3.8) is 0 Å². The van der Waals surface area contributed by atoms with Crippen molar-refractivity contribution in [3.05, 3.63) is 40.2 Å². The minimum absolute atomic E-state index is 0.195. The summed E-state index contributed by atoms with van der Waals surface area (Å²) in [6.07, 6.45) is -0.654. The average molecular weight is 475 g/mol. The van der Waals surface area contributed by atoms with Gasteiger partial charge in [0.1, 0.15) is 4.21 Å². The fraction of sp³-hybridized carbons (Fsp3) is 0.474. The highest BCUT2D eigenvalue weighted by Gasteiger charge is 2.30. The van der Waals surface area contributed by atoms with Crippen LogP contribution < -0.4 is 9.47 Å². The molecule has 0 saturated carbocycles. The number of β-amino-alcohol motifs (C(OH)–C–C–N with tert-alkyl or cyclic N) is 1. The summed E-state index contributed by atoms with van der Waals surface area (Å²) in [5.74, 6) is 1.43. The molecule has 30 heavy (non-hydrogen) atoms. The Labute approximate surface area is 184 Å². The third-order valence-corrected chi connectivity index (χ3v) is 8.56. The lowest BCUT2D eigenvalue weighted by Gasteiger charge is -2.34. The van der Waals surface area contributed by atoms with Crippen LogP contribution in [0.25, 0.3) is 0 Å². The van der Waals surface area contributed by atoms with Gasteiger partial charge in [-0.05, 0) is 29.8 Å². The zero-order valence-corrected chi connectivity index (χ0v) is 18.6. The standard InChI is InChI=1S/C19H23ClN2O6S2/c20-18-3-4-19(29-18)30(24,25)22-7-5-21(6-8-22)10-15(23)12-26-11-14-1-2-16-17(9-14)28-13-27-16/h1-4,9,15,23H,5-8,10-13H2/t15-/m1/s1. The van der Waals surface area contributed by atoms with Crippen LogP contribution in [0, 0.1) is 0 Å². The molecule has 1 atom stereocenters. The SMILES string of the molecule is O=S(=O)(c1ccc(Cl)s1)N1CCN(C[C@@H](O)COCc2ccc3c(c2)OCO3)CC1. The molecular formula is C19H23ClN2O6S2. The molecular weight excluding hydrogens is 452 g/mol. The van der Waals surface area contributed by atoms with E-state index in [0.29, 0.717) is 49.4 Å². The average Bonchev–Trinajstić information content (AvgIpc) is 3.37. The van der Waals surface area contributed by atoms with Gasteiger partial charge < -0.3 is 19.3 Å². The number of nitrogens with zero attached hydrogens (tertiary/aromatic N) is 2. The first-order valence-corrected chi connectivity index (χ1v) is 12.2. The number of thiophene rings is 1. The first-order chi connectivity index (χ1) is 14.4. The Morgan fingerprint density at radius 2 is 1.90 bits per heavy atom. The van der Waals surface area contributed by atoms with E-state index in [2.05, 4.69) is 0 Å². The summed E-state index contributed by atoms with van der Waals surface area (Å²) in [5, 5.41) is 10.3. The molecule has 3 heterocycles. The smallest absolute Gasteiger partial charge is 0.252 e. The molecule has 1 aromatic carbocycles. The minimum atomic E-state index is -3.51. The number of hydrogen-bond acceptors (Lipinski definition) is 8. The second kappa shape index (κ2) is 9.39. The predicted octanol–water partition coefficient (Wildman–Crippen LogP) is 2.01. The molecule has 0 spiro atoms. The number of aliphatic hydroxyl groups is 1. The summed E-state index contributed by atoms with van der Waals surface area (Å²) >= 11 is 6.93. The number of ether oxygens (including phenoxy) is 3. The van der Waals surface area contributed by atoms with Crippen LogP contribution in [0.5, 0.6) is 11.5 Å². The van der Waals surface area contributed by atoms with Gasteiger partial charge in [-0.2, -0.15) is 4.31 Å². The van der Waals surface area contributed by atoms with Gasteiger partial charge in [0.25, 0.3) is 10.0 Å². The lowest BCUT2D eigenvalue weighted by Crippen LogP contribution is -2.50. The number of sulfonamides is 1. The first kappa shape index (κ1) is 21.8. The van der Waals surface area contributed by atoms with Gasteiger partial charge in [-0.3, -0.25) is 4.90 Å². The van der Waals surface area contributed by atoms with Gasteiger partial charge in [-0.25, -0.2) is 8.42 Å². The Hall–Kier alpha value is -1.40. The van der Waals surface area contributed by atoms with Crippen molar-refractivity contribution in [2.45, 2.75) is 16.9 Å². The van der Waals surface area contributed by atoms with E-state index in [1.807, 2.05) is 23.1 Å². The molecule has 4 rings (SSSR count). The molecule has 0 unspecified atom stereocenters. The second-order valence-corrected chi connectivity index (χ2v) is 11.0. The summed E-state index contributed by atoms with van der Waals surface area (Å²) < 4.78 is 43.7. The molecule has 0 bridgehead atoms. The monoisotopic (exact) mass is 474 g/mol. The molecule has 8 nitrogen and oxygen atoms in total. The number of halogens is 1. The molecule has 0 aliphatic carbocycles. The summed E-state index contributed by atoms with van der Waals surface area (Å²) in [6.45, 7) is 3.08. The van der Waals surface area contributed by atoms with Gasteiger partial charge in [-0.1, -0.05) is 17.7 Å². The Morgan fingerprint density at radius 1 is 1.13 bits per heavy atom. The van der Waals surface area contributed by atoms with Crippen LogP contribution in [0.4, 0.5) is 0 Å². The number of hydrogen-bond donors (Lipinski definition) is 1. The van der Waals surface area contributed by atoms with Crippen LogP contribution in [-0.2, 0) is 21.4 Å². The van der Waals surface area contributed by atoms with Crippen LogP contribution in [0.2, 0.25) is 4.34 Å². The molecule has 0 amide bonds. The maximum absolute atomic E-state index is 12.6. The molecule has 1 N–H and O–H groups in total. The van der Waals surface area contributed by atoms with Crippen LogP contribution in [0.1, 0.15) is 5.56 Å². The lowest BCUT2D eigenvalue weighted by molar-refractivity contribution is 0.00537. The maximum Gasteiger partial charge on any atom is 0.252 e. The van der Waals surface area contributed by atoms with E-state index < -0.39 is 16.1 Å². The van der Waals surface area contributed by atoms with Crippen molar-refractivity contribution in [1.82, 2.24) is 9.21 Å². The topological polar surface area (TPSA) is 88.5 Å². The number of fused-ring (bicyclic) bond motifs is 1. The summed E-state index contributed by atoms with van der Waals surface area (Å²) in [6, 6.07) is 8.75. The minimum Gasteiger partial charge on any atom is -0.454 e. The van der Waals surface area contributed by atoms with Gasteiger partial charge in [0.05, 0.1) is 23.7 Å². The van der Waals surface area contributed by atoms with Crippen molar-refractivity contribution in [1.29, 1.82) is 0 Å². The molecule has 1 aromatic heterocycles. The quantitative estimate of drug-likeness (QED) is 0.626. The zero-order chi connectivity index (χ0) is 21.1. The van der Waals surface area contributed by atoms with Crippen molar-refractivity contribution in [2.75, 3.05) is 46.1 Å². The Kier molecular flexibility index (Phi) is 6.83. The highest BCUT2D eigenvalue weighted by molar-refractivity contribution is 7.91. The van der Waals surface area contributed by atoms with Crippen molar-refractivity contribution >= 4 is 33.0 Å². The third-order valence-electron chi connectivity index (χ3n) is 4.96. The van der Waals surface area contributed by atoms with Crippen molar-refractivity contribution < 1.29 is 27.7 Å². The van der Waals surface area contributed by atoms with Crippen LogP contribution >= 0.6 is 22.9 Å². The van der Waals surface area contributed by atoms with Crippen LogP contribution in [0.15, 0.2) is 34.5 Å². The molecule has 2 aliphatic rings. The molecule has 2 aromatic rings. The summed E-state index contributed by atoms with van der Waals surface area (Å²) in [5.41, 5.74) is 0.943. The Morgan fingerprint density at radius 3 is 2.63 bits per heavy atom. The summed E-state index contributed by atoms with van der Waals surface area (Å²) in [4.78, 5) is 2.04. The predicted molar refractivity (Wildman–Crippen MR) is 113 cm³/mol. The van der Waals surface area contributed by atoms with Gasteiger partial charge in [-0.15, -0.1) is 11.3 Å². The molecule has 11 heteroatoms. The van der Waals surface area contributed by atoms with Crippen molar-refractivity contribution in [3.8, 4) is 11.5 Å². The highest BCUT2D eigenvalue weighted by Crippen LogP contribution is 2.32. The normalized spacial score (nSPS) is 18.6. The molecule has 0 radical (unpaired) electrons. The third kappa shape index (κ3) is 5.08. The fourth-order valence-corrected chi connectivity index (χ4v) is 6.47. The van der Waals surface area contributed by atoms with E-state index in [4.69, 9.17) is 25.8 Å². The van der Waals surface area contributed by atoms with Crippen LogP contribution in [0.3, 0.4) is 0 Å². The highest BCUT2D eigenvalue weighted by atomic mass is 35.5. The lowest BCUT2D eigenvalue weighted by atomic mass is 10.2. The van der Waals surface area contributed by atoms with E-state index in [1.165, 1.54) is 10.4 Å². The molecule has 164 valence electrons. The van der Waals surface area contributed by atoms with E-state index >= 15 is 0 Å². The van der Waals surface area contributed by atoms with Crippen LogP contribution in [-0.4, -0.2) is 75.0 Å². The van der Waals surface area contributed by atoms with E-state index in [1.54, 1.807) is 6.07 Å². The van der Waals surface area contributed by atoms with Gasteiger partial charge in [0, 0.05) is 32.7 Å². The van der Waals surface area contributed by atoms with Gasteiger partial charge in [0.2, 0.25) is 6.79 Å². The fourth-order valence-electron chi connectivity index (χ4n) is 3.41. The zero-order valence-electron chi connectivity index (χ0n) is 16.2. The van der Waals surface area contributed by atoms with Gasteiger partial charge in [0.15, 0.2) is 11.5 Å². The van der Waals surface area contributed by atoms with Crippen molar-refractivity contribution in [2.24, 2.45) is 0 Å². The first-order valence-electron chi connectivity index (χ1n) is 9.54. The maximum atomic E-state index is 12.6. The number of benzene rings is 1. The molecule has 1 fully saturated rings. The van der Waals surface area contributed by atoms with E-state index in [9.17, 15) is 13.5 Å².